The Balaban J connectivity index is 2.02. The number of methoxy groups -OCH3 is 1. The SMILES string of the molecule is COc1ccc(C(CN)NC2CCCC2CO)cn1. The molecule has 5 heteroatoms. The van der Waals surface area contributed by atoms with E-state index in [0.29, 0.717) is 24.4 Å². The monoisotopic (exact) mass is 265 g/mol. The van der Waals surface area contributed by atoms with Crippen molar-refractivity contribution in [2.45, 2.75) is 31.3 Å². The topological polar surface area (TPSA) is 80.4 Å². The van der Waals surface area contributed by atoms with Crippen LogP contribution in [0.3, 0.4) is 0 Å². The second kappa shape index (κ2) is 6.84. The maximum atomic E-state index is 9.36. The number of aliphatic hydroxyl groups is 1. The molecule has 19 heavy (non-hydrogen) atoms. The zero-order chi connectivity index (χ0) is 13.7. The molecule has 0 aromatic carbocycles. The van der Waals surface area contributed by atoms with Crippen molar-refractivity contribution in [1.29, 1.82) is 0 Å². The van der Waals surface area contributed by atoms with Gasteiger partial charge in [-0.1, -0.05) is 12.5 Å². The van der Waals surface area contributed by atoms with Crippen molar-refractivity contribution in [3.8, 4) is 5.88 Å². The number of aliphatic hydroxyl groups excluding tert-OH is 1. The summed E-state index contributed by atoms with van der Waals surface area (Å²) in [5.74, 6) is 0.953. The molecule has 1 aromatic heterocycles. The Kier molecular flexibility index (Phi) is 5.13. The van der Waals surface area contributed by atoms with E-state index >= 15 is 0 Å². The Labute approximate surface area is 114 Å². The van der Waals surface area contributed by atoms with Crippen LogP contribution in [0.4, 0.5) is 0 Å². The second-order valence-electron chi connectivity index (χ2n) is 5.07. The van der Waals surface area contributed by atoms with Gasteiger partial charge in [-0.15, -0.1) is 0 Å². The number of nitrogens with two attached hydrogens (primary N) is 1. The predicted octanol–water partition coefficient (Wildman–Crippen LogP) is 0.841. The van der Waals surface area contributed by atoms with Gasteiger partial charge in [-0.25, -0.2) is 4.98 Å². The Morgan fingerprint density at radius 3 is 2.95 bits per heavy atom. The predicted molar refractivity (Wildman–Crippen MR) is 73.9 cm³/mol. The molecule has 1 fully saturated rings. The molecule has 4 N–H and O–H groups in total. The molecule has 0 saturated heterocycles. The van der Waals surface area contributed by atoms with E-state index in [0.717, 1.165) is 18.4 Å². The van der Waals surface area contributed by atoms with Crippen LogP contribution in [0.1, 0.15) is 30.9 Å². The fraction of sp³-hybridized carbons (Fsp3) is 0.643. The lowest BCUT2D eigenvalue weighted by molar-refractivity contribution is 0.199. The van der Waals surface area contributed by atoms with Gasteiger partial charge < -0.3 is 20.9 Å². The molecule has 1 heterocycles. The van der Waals surface area contributed by atoms with Crippen molar-refractivity contribution in [1.82, 2.24) is 10.3 Å². The molecule has 5 nitrogen and oxygen atoms in total. The quantitative estimate of drug-likeness (QED) is 0.710. The molecule has 1 aromatic rings. The highest BCUT2D eigenvalue weighted by molar-refractivity contribution is 5.21. The van der Waals surface area contributed by atoms with Crippen molar-refractivity contribution in [3.05, 3.63) is 23.9 Å². The molecule has 0 aliphatic heterocycles. The van der Waals surface area contributed by atoms with Gasteiger partial charge in [-0.2, -0.15) is 0 Å². The van der Waals surface area contributed by atoms with Crippen molar-refractivity contribution in [2.75, 3.05) is 20.3 Å². The summed E-state index contributed by atoms with van der Waals surface area (Å²) in [6, 6.07) is 4.26. The van der Waals surface area contributed by atoms with E-state index in [1.807, 2.05) is 12.1 Å². The van der Waals surface area contributed by atoms with E-state index in [-0.39, 0.29) is 12.6 Å². The van der Waals surface area contributed by atoms with Gasteiger partial charge >= 0.3 is 0 Å². The van der Waals surface area contributed by atoms with Crippen LogP contribution in [0.2, 0.25) is 0 Å². The molecule has 0 amide bonds. The normalized spacial score (nSPS) is 24.4. The number of nitrogens with one attached hydrogen (secondary N) is 1. The zero-order valence-electron chi connectivity index (χ0n) is 11.4. The first-order valence-electron chi connectivity index (χ1n) is 6.85. The highest BCUT2D eigenvalue weighted by Crippen LogP contribution is 2.27. The molecule has 0 bridgehead atoms. The molecule has 0 spiro atoms. The average Bonchev–Trinajstić information content (AvgIpc) is 2.92. The maximum Gasteiger partial charge on any atom is 0.212 e. The van der Waals surface area contributed by atoms with E-state index in [1.54, 1.807) is 13.3 Å². The molecule has 1 saturated carbocycles. The highest BCUT2D eigenvalue weighted by atomic mass is 16.5. The van der Waals surface area contributed by atoms with Crippen LogP contribution >= 0.6 is 0 Å². The van der Waals surface area contributed by atoms with Crippen LogP contribution in [0.15, 0.2) is 18.3 Å². The first kappa shape index (κ1) is 14.2. The zero-order valence-corrected chi connectivity index (χ0v) is 11.4. The summed E-state index contributed by atoms with van der Waals surface area (Å²) in [4.78, 5) is 4.21. The van der Waals surface area contributed by atoms with Gasteiger partial charge in [0, 0.05) is 37.5 Å². The van der Waals surface area contributed by atoms with Gasteiger partial charge in [-0.05, 0) is 24.3 Å². The van der Waals surface area contributed by atoms with E-state index in [4.69, 9.17) is 10.5 Å². The van der Waals surface area contributed by atoms with Crippen LogP contribution in [0.25, 0.3) is 0 Å². The molecule has 3 unspecified atom stereocenters. The lowest BCUT2D eigenvalue weighted by Crippen LogP contribution is -2.39. The van der Waals surface area contributed by atoms with Gasteiger partial charge in [0.05, 0.1) is 7.11 Å². The Morgan fingerprint density at radius 1 is 1.53 bits per heavy atom. The summed E-state index contributed by atoms with van der Waals surface area (Å²) < 4.78 is 5.05. The standard InChI is InChI=1S/C14H23N3O2/c1-19-14-6-5-10(8-16-14)13(7-15)17-12-4-2-3-11(12)9-18/h5-6,8,11-13,17-18H,2-4,7,9,15H2,1H3. The molecule has 3 atom stereocenters. The summed E-state index contributed by atoms with van der Waals surface area (Å²) >= 11 is 0. The van der Waals surface area contributed by atoms with Gasteiger partial charge in [-0.3, -0.25) is 0 Å². The summed E-state index contributed by atoms with van der Waals surface area (Å²) in [6.45, 7) is 0.762. The van der Waals surface area contributed by atoms with E-state index in [9.17, 15) is 5.11 Å². The number of hydrogen-bond donors (Lipinski definition) is 3. The van der Waals surface area contributed by atoms with Gasteiger partial charge in [0.2, 0.25) is 5.88 Å². The summed E-state index contributed by atoms with van der Waals surface area (Å²) in [5.41, 5.74) is 6.92. The Morgan fingerprint density at radius 2 is 2.37 bits per heavy atom. The average molecular weight is 265 g/mol. The smallest absolute Gasteiger partial charge is 0.212 e. The van der Waals surface area contributed by atoms with E-state index < -0.39 is 0 Å². The summed E-state index contributed by atoms with van der Waals surface area (Å²) in [7, 11) is 1.60. The van der Waals surface area contributed by atoms with Gasteiger partial charge in [0.15, 0.2) is 0 Å². The van der Waals surface area contributed by atoms with Crippen molar-refractivity contribution >= 4 is 0 Å². The fourth-order valence-corrected chi connectivity index (χ4v) is 2.75. The number of hydrogen-bond acceptors (Lipinski definition) is 5. The molecule has 1 aliphatic carbocycles. The Hall–Kier alpha value is -1.17. The summed E-state index contributed by atoms with van der Waals surface area (Å²) in [6.07, 6.45) is 5.16. The van der Waals surface area contributed by atoms with Crippen molar-refractivity contribution in [3.63, 3.8) is 0 Å². The lowest BCUT2D eigenvalue weighted by Gasteiger charge is -2.25. The number of pyridine rings is 1. The number of nitrogens with zero attached hydrogens (tertiary/aromatic N) is 1. The third-order valence-electron chi connectivity index (χ3n) is 3.92. The number of rotatable bonds is 6. The van der Waals surface area contributed by atoms with Crippen molar-refractivity contribution < 1.29 is 9.84 Å². The molecule has 1 aliphatic rings. The van der Waals surface area contributed by atoms with Crippen LogP contribution in [-0.2, 0) is 0 Å². The minimum absolute atomic E-state index is 0.0792. The van der Waals surface area contributed by atoms with Crippen LogP contribution in [-0.4, -0.2) is 36.4 Å². The molecular formula is C14H23N3O2. The molecule has 106 valence electrons. The van der Waals surface area contributed by atoms with E-state index in [1.165, 1.54) is 6.42 Å². The number of ether oxygens (including phenoxy) is 1. The third-order valence-corrected chi connectivity index (χ3v) is 3.92. The third kappa shape index (κ3) is 3.43. The Bertz CT molecular complexity index is 383. The first-order chi connectivity index (χ1) is 9.28. The largest absolute Gasteiger partial charge is 0.481 e. The van der Waals surface area contributed by atoms with Crippen LogP contribution in [0.5, 0.6) is 5.88 Å². The molecular weight excluding hydrogens is 242 g/mol. The molecule has 0 radical (unpaired) electrons. The van der Waals surface area contributed by atoms with Gasteiger partial charge in [0.25, 0.3) is 0 Å². The minimum Gasteiger partial charge on any atom is -0.481 e. The van der Waals surface area contributed by atoms with Gasteiger partial charge in [0.1, 0.15) is 0 Å². The minimum atomic E-state index is 0.0792. The second-order valence-corrected chi connectivity index (χ2v) is 5.07. The van der Waals surface area contributed by atoms with E-state index in [2.05, 4.69) is 10.3 Å². The fourth-order valence-electron chi connectivity index (χ4n) is 2.75. The first-order valence-corrected chi connectivity index (χ1v) is 6.85. The maximum absolute atomic E-state index is 9.36. The molecule has 2 rings (SSSR count). The summed E-state index contributed by atoms with van der Waals surface area (Å²) in [5, 5.41) is 12.9. The van der Waals surface area contributed by atoms with Crippen LogP contribution in [0, 0.1) is 5.92 Å². The lowest BCUT2D eigenvalue weighted by atomic mass is 10.0. The number of aromatic nitrogens is 1. The van der Waals surface area contributed by atoms with Crippen LogP contribution < -0.4 is 15.8 Å². The van der Waals surface area contributed by atoms with Crippen molar-refractivity contribution in [2.24, 2.45) is 11.7 Å². The highest BCUT2D eigenvalue weighted by Gasteiger charge is 2.28.